The van der Waals surface area contributed by atoms with E-state index in [1.807, 2.05) is 20.8 Å². The molecule has 0 fully saturated rings. The van der Waals surface area contributed by atoms with Crippen molar-refractivity contribution in [2.45, 2.75) is 52.4 Å². The molecule has 0 radical (unpaired) electrons. The maximum absolute atomic E-state index is 10.2. The summed E-state index contributed by atoms with van der Waals surface area (Å²) >= 11 is 0. The molecule has 0 aliphatic heterocycles. The Morgan fingerprint density at radius 3 is 2.75 bits per heavy atom. The molecule has 92 valence electrons. The van der Waals surface area contributed by atoms with E-state index in [1.54, 1.807) is 10.9 Å². The van der Waals surface area contributed by atoms with Gasteiger partial charge in [-0.1, -0.05) is 12.1 Å². The van der Waals surface area contributed by atoms with Crippen LogP contribution in [0.1, 0.15) is 45.9 Å². The Labute approximate surface area is 96.4 Å². The zero-order valence-corrected chi connectivity index (χ0v) is 10.5. The molecule has 5 heteroatoms. The van der Waals surface area contributed by atoms with E-state index in [4.69, 9.17) is 4.74 Å². The van der Waals surface area contributed by atoms with Gasteiger partial charge >= 0.3 is 0 Å². The molecule has 1 atom stereocenters. The quantitative estimate of drug-likeness (QED) is 0.800. The number of aliphatic hydroxyl groups is 1. The van der Waals surface area contributed by atoms with Gasteiger partial charge in [-0.05, 0) is 27.2 Å². The summed E-state index contributed by atoms with van der Waals surface area (Å²) in [5, 5.41) is 18.0. The van der Waals surface area contributed by atoms with Crippen molar-refractivity contribution in [3.05, 3.63) is 11.9 Å². The molecular weight excluding hydrogens is 206 g/mol. The van der Waals surface area contributed by atoms with Crippen LogP contribution in [-0.4, -0.2) is 32.3 Å². The lowest BCUT2D eigenvalue weighted by Crippen LogP contribution is -2.34. The number of aryl methyl sites for hydroxylation is 1. The first-order valence-corrected chi connectivity index (χ1v) is 5.73. The molecule has 5 nitrogen and oxygen atoms in total. The van der Waals surface area contributed by atoms with Crippen LogP contribution in [0.15, 0.2) is 6.20 Å². The van der Waals surface area contributed by atoms with Crippen LogP contribution in [0.4, 0.5) is 0 Å². The third-order valence-corrected chi connectivity index (χ3v) is 2.54. The van der Waals surface area contributed by atoms with Crippen molar-refractivity contribution < 1.29 is 9.84 Å². The molecule has 16 heavy (non-hydrogen) atoms. The maximum Gasteiger partial charge on any atom is 0.126 e. The van der Waals surface area contributed by atoms with Gasteiger partial charge in [0.15, 0.2) is 0 Å². The molecular formula is C11H21N3O2. The fraction of sp³-hybridized carbons (Fsp3) is 0.818. The first-order valence-electron chi connectivity index (χ1n) is 5.73. The predicted octanol–water partition coefficient (Wildman–Crippen LogP) is 1.54. The van der Waals surface area contributed by atoms with Crippen molar-refractivity contribution in [3.8, 4) is 0 Å². The van der Waals surface area contributed by atoms with E-state index in [1.165, 1.54) is 0 Å². The van der Waals surface area contributed by atoms with Crippen LogP contribution < -0.4 is 0 Å². The van der Waals surface area contributed by atoms with E-state index in [9.17, 15) is 5.11 Å². The van der Waals surface area contributed by atoms with Crippen molar-refractivity contribution in [2.75, 3.05) is 6.61 Å². The van der Waals surface area contributed by atoms with E-state index in [0.29, 0.717) is 12.3 Å². The molecule has 0 spiro atoms. The Bertz CT molecular complexity index is 323. The zero-order chi connectivity index (χ0) is 12.2. The van der Waals surface area contributed by atoms with E-state index in [2.05, 4.69) is 17.2 Å². The second-order valence-electron chi connectivity index (χ2n) is 4.32. The lowest BCUT2D eigenvalue weighted by molar-refractivity contribution is -0.101. The maximum atomic E-state index is 10.2. The minimum absolute atomic E-state index is 0.569. The smallest absolute Gasteiger partial charge is 0.126 e. The summed E-state index contributed by atoms with van der Waals surface area (Å²) < 4.78 is 7.26. The topological polar surface area (TPSA) is 60.2 Å². The van der Waals surface area contributed by atoms with Crippen molar-refractivity contribution in [1.29, 1.82) is 0 Å². The number of aromatic nitrogens is 3. The zero-order valence-electron chi connectivity index (χ0n) is 10.5. The van der Waals surface area contributed by atoms with Crippen molar-refractivity contribution in [2.24, 2.45) is 0 Å². The molecule has 0 bridgehead atoms. The van der Waals surface area contributed by atoms with Gasteiger partial charge in [0.25, 0.3) is 0 Å². The van der Waals surface area contributed by atoms with Gasteiger partial charge in [-0.3, -0.25) is 0 Å². The third-order valence-electron chi connectivity index (χ3n) is 2.54. The summed E-state index contributed by atoms with van der Waals surface area (Å²) in [6, 6.07) is 0. The molecule has 0 saturated heterocycles. The van der Waals surface area contributed by atoms with Crippen molar-refractivity contribution in [3.63, 3.8) is 0 Å². The Morgan fingerprint density at radius 1 is 1.50 bits per heavy atom. The highest BCUT2D eigenvalue weighted by atomic mass is 16.5. The average Bonchev–Trinajstić information content (AvgIpc) is 2.65. The monoisotopic (exact) mass is 227 g/mol. The fourth-order valence-electron chi connectivity index (χ4n) is 1.67. The van der Waals surface area contributed by atoms with Gasteiger partial charge in [0.1, 0.15) is 6.10 Å². The Morgan fingerprint density at radius 2 is 2.19 bits per heavy atom. The fourth-order valence-corrected chi connectivity index (χ4v) is 1.67. The summed E-state index contributed by atoms with van der Waals surface area (Å²) in [5.41, 5.74) is 0.0856. The molecule has 1 rings (SSSR count). The average molecular weight is 227 g/mol. The molecule has 0 saturated carbocycles. The van der Waals surface area contributed by atoms with Crippen LogP contribution in [-0.2, 0) is 11.3 Å². The summed E-state index contributed by atoms with van der Waals surface area (Å²) in [6.45, 7) is 9.03. The van der Waals surface area contributed by atoms with E-state index in [-0.39, 0.29) is 0 Å². The van der Waals surface area contributed by atoms with Crippen LogP contribution in [0.5, 0.6) is 0 Å². The largest absolute Gasteiger partial charge is 0.384 e. The van der Waals surface area contributed by atoms with Crippen LogP contribution in [0, 0.1) is 0 Å². The Kier molecular flexibility index (Phi) is 4.44. The molecule has 0 aliphatic carbocycles. The van der Waals surface area contributed by atoms with Crippen LogP contribution in [0.3, 0.4) is 0 Å². The first kappa shape index (κ1) is 13.1. The molecule has 1 unspecified atom stereocenters. The molecule has 1 aromatic rings. The number of nitrogens with zero attached hydrogens (tertiary/aromatic N) is 3. The first-order chi connectivity index (χ1) is 7.53. The second kappa shape index (κ2) is 5.41. The Hall–Kier alpha value is -0.940. The Balaban J connectivity index is 2.86. The van der Waals surface area contributed by atoms with Crippen molar-refractivity contribution >= 4 is 0 Å². The molecule has 1 aromatic heterocycles. The minimum atomic E-state index is -0.714. The van der Waals surface area contributed by atoms with E-state index < -0.39 is 11.7 Å². The predicted molar refractivity (Wildman–Crippen MR) is 61.0 cm³/mol. The van der Waals surface area contributed by atoms with Gasteiger partial charge in [0.2, 0.25) is 0 Å². The second-order valence-corrected chi connectivity index (χ2v) is 4.32. The normalized spacial score (nSPS) is 14.1. The number of rotatable bonds is 6. The van der Waals surface area contributed by atoms with Crippen LogP contribution >= 0.6 is 0 Å². The van der Waals surface area contributed by atoms with Gasteiger partial charge in [-0.2, -0.15) is 0 Å². The van der Waals surface area contributed by atoms with Crippen LogP contribution in [0.25, 0.3) is 0 Å². The van der Waals surface area contributed by atoms with E-state index in [0.717, 1.165) is 13.0 Å². The number of hydrogen-bond donors (Lipinski definition) is 1. The van der Waals surface area contributed by atoms with E-state index >= 15 is 0 Å². The van der Waals surface area contributed by atoms with Gasteiger partial charge in [-0.25, -0.2) is 4.68 Å². The highest BCUT2D eigenvalue weighted by Crippen LogP contribution is 2.28. The van der Waals surface area contributed by atoms with Gasteiger partial charge < -0.3 is 9.84 Å². The summed E-state index contributed by atoms with van der Waals surface area (Å²) in [6.07, 6.45) is 1.84. The minimum Gasteiger partial charge on any atom is -0.384 e. The highest BCUT2D eigenvalue weighted by Gasteiger charge is 2.32. The molecule has 1 heterocycles. The standard InChI is InChI=1S/C11H21N3O2/c1-5-7-14-9(8-12-13-14)10(15)11(3,4)16-6-2/h8,10,15H,5-7H2,1-4H3. The molecule has 1 N–H and O–H groups in total. The van der Waals surface area contributed by atoms with Gasteiger partial charge in [0.05, 0.1) is 17.5 Å². The SMILES string of the molecule is CCCn1nncc1C(O)C(C)(C)OCC. The lowest BCUT2D eigenvalue weighted by atomic mass is 9.99. The summed E-state index contributed by atoms with van der Waals surface area (Å²) in [4.78, 5) is 0. The number of hydrogen-bond acceptors (Lipinski definition) is 4. The summed E-state index contributed by atoms with van der Waals surface area (Å²) in [5.74, 6) is 0. The molecule has 0 amide bonds. The molecule has 0 aliphatic rings. The van der Waals surface area contributed by atoms with Gasteiger partial charge in [-0.15, -0.1) is 5.10 Å². The van der Waals surface area contributed by atoms with Crippen molar-refractivity contribution in [1.82, 2.24) is 15.0 Å². The summed E-state index contributed by atoms with van der Waals surface area (Å²) in [7, 11) is 0. The highest BCUT2D eigenvalue weighted by molar-refractivity contribution is 5.04. The van der Waals surface area contributed by atoms with Gasteiger partial charge in [0, 0.05) is 13.2 Å². The number of aliphatic hydroxyl groups excluding tert-OH is 1. The third kappa shape index (κ3) is 2.80. The lowest BCUT2D eigenvalue weighted by Gasteiger charge is -2.30. The van der Waals surface area contributed by atoms with Crippen LogP contribution in [0.2, 0.25) is 0 Å². The molecule has 0 aromatic carbocycles. The number of ether oxygens (including phenoxy) is 1.